The molecular formula is C21H25FN2O2. The van der Waals surface area contributed by atoms with E-state index in [0.717, 1.165) is 12.0 Å². The van der Waals surface area contributed by atoms with E-state index >= 15 is 0 Å². The van der Waals surface area contributed by atoms with Gasteiger partial charge in [-0.3, -0.25) is 4.79 Å². The SMILES string of the molecule is CC1(C)CN(C(=O)c2ccccc2OCc2ccc(F)cc2)CCC1N. The maximum Gasteiger partial charge on any atom is 0.257 e. The second-order valence-electron chi connectivity index (χ2n) is 7.52. The molecule has 2 N–H and O–H groups in total. The zero-order chi connectivity index (χ0) is 18.7. The topological polar surface area (TPSA) is 55.6 Å². The second-order valence-corrected chi connectivity index (χ2v) is 7.52. The normalized spacial score (nSPS) is 19.2. The number of nitrogens with two attached hydrogens (primary N) is 1. The summed E-state index contributed by atoms with van der Waals surface area (Å²) in [5.74, 6) is 0.212. The van der Waals surface area contributed by atoms with Crippen LogP contribution in [-0.2, 0) is 6.61 Å². The van der Waals surface area contributed by atoms with Crippen molar-refractivity contribution in [2.75, 3.05) is 13.1 Å². The molecule has 2 aromatic carbocycles. The Balaban J connectivity index is 1.74. The first-order chi connectivity index (χ1) is 12.4. The average Bonchev–Trinajstić information content (AvgIpc) is 2.63. The lowest BCUT2D eigenvalue weighted by Crippen LogP contribution is -2.54. The van der Waals surface area contributed by atoms with E-state index in [-0.39, 0.29) is 29.8 Å². The summed E-state index contributed by atoms with van der Waals surface area (Å²) in [6, 6.07) is 13.5. The van der Waals surface area contributed by atoms with Gasteiger partial charge in [0.15, 0.2) is 0 Å². The minimum absolute atomic E-state index is 0.0420. The summed E-state index contributed by atoms with van der Waals surface area (Å²) < 4.78 is 18.9. The number of carbonyl (C=O) groups is 1. The Morgan fingerprint density at radius 3 is 2.62 bits per heavy atom. The van der Waals surface area contributed by atoms with E-state index in [1.165, 1.54) is 12.1 Å². The van der Waals surface area contributed by atoms with E-state index in [1.54, 1.807) is 24.3 Å². The highest BCUT2D eigenvalue weighted by molar-refractivity contribution is 5.97. The van der Waals surface area contributed by atoms with Crippen LogP contribution in [0.15, 0.2) is 48.5 Å². The van der Waals surface area contributed by atoms with Gasteiger partial charge in [0.1, 0.15) is 18.2 Å². The molecular weight excluding hydrogens is 331 g/mol. The molecule has 138 valence electrons. The van der Waals surface area contributed by atoms with Gasteiger partial charge in [-0.15, -0.1) is 0 Å². The molecule has 2 aromatic rings. The molecule has 0 aromatic heterocycles. The van der Waals surface area contributed by atoms with Gasteiger partial charge in [0, 0.05) is 19.1 Å². The van der Waals surface area contributed by atoms with Gasteiger partial charge in [-0.05, 0) is 41.7 Å². The number of ether oxygens (including phenoxy) is 1. The molecule has 3 rings (SSSR count). The molecule has 0 aliphatic carbocycles. The van der Waals surface area contributed by atoms with Crippen LogP contribution in [0.5, 0.6) is 5.75 Å². The minimum atomic E-state index is -0.282. The predicted molar refractivity (Wildman–Crippen MR) is 99.5 cm³/mol. The molecule has 26 heavy (non-hydrogen) atoms. The van der Waals surface area contributed by atoms with E-state index in [1.807, 2.05) is 17.0 Å². The van der Waals surface area contributed by atoms with Gasteiger partial charge < -0.3 is 15.4 Å². The fourth-order valence-electron chi connectivity index (χ4n) is 3.23. The Hall–Kier alpha value is -2.40. The third-order valence-corrected chi connectivity index (χ3v) is 5.02. The number of rotatable bonds is 4. The first-order valence-corrected chi connectivity index (χ1v) is 8.88. The zero-order valence-electron chi connectivity index (χ0n) is 15.2. The van der Waals surface area contributed by atoms with Crippen LogP contribution in [0, 0.1) is 11.2 Å². The van der Waals surface area contributed by atoms with Crippen LogP contribution in [0.2, 0.25) is 0 Å². The van der Waals surface area contributed by atoms with Gasteiger partial charge in [0.2, 0.25) is 0 Å². The van der Waals surface area contributed by atoms with Crippen molar-refractivity contribution < 1.29 is 13.9 Å². The molecule has 1 fully saturated rings. The number of piperidine rings is 1. The van der Waals surface area contributed by atoms with Gasteiger partial charge in [0.05, 0.1) is 5.56 Å². The minimum Gasteiger partial charge on any atom is -0.488 e. The molecule has 0 spiro atoms. The van der Waals surface area contributed by atoms with Gasteiger partial charge in [0.25, 0.3) is 5.91 Å². The van der Waals surface area contributed by atoms with E-state index < -0.39 is 0 Å². The molecule has 1 saturated heterocycles. The molecule has 1 unspecified atom stereocenters. The standard InChI is InChI=1S/C21H25FN2O2/c1-21(2)14-24(12-11-19(21)23)20(25)17-5-3-4-6-18(17)26-13-15-7-9-16(22)10-8-15/h3-10,19H,11-14,23H2,1-2H3. The van der Waals surface area contributed by atoms with Crippen LogP contribution in [0.3, 0.4) is 0 Å². The van der Waals surface area contributed by atoms with Gasteiger partial charge in [-0.2, -0.15) is 0 Å². The maximum atomic E-state index is 13.0. The smallest absolute Gasteiger partial charge is 0.257 e. The fraction of sp³-hybridized carbons (Fsp3) is 0.381. The summed E-state index contributed by atoms with van der Waals surface area (Å²) in [5.41, 5.74) is 7.45. The summed E-state index contributed by atoms with van der Waals surface area (Å²) in [6.45, 7) is 5.73. The van der Waals surface area contributed by atoms with E-state index in [4.69, 9.17) is 10.5 Å². The molecule has 4 nitrogen and oxygen atoms in total. The van der Waals surface area contributed by atoms with Crippen LogP contribution in [0.1, 0.15) is 36.2 Å². The number of carbonyl (C=O) groups excluding carboxylic acids is 1. The number of nitrogens with zero attached hydrogens (tertiary/aromatic N) is 1. The number of hydrogen-bond donors (Lipinski definition) is 1. The Kier molecular flexibility index (Phi) is 5.28. The van der Waals surface area contributed by atoms with E-state index in [0.29, 0.717) is 24.4 Å². The molecule has 1 aliphatic rings. The van der Waals surface area contributed by atoms with E-state index in [9.17, 15) is 9.18 Å². The number of hydrogen-bond acceptors (Lipinski definition) is 3. The monoisotopic (exact) mass is 356 g/mol. The average molecular weight is 356 g/mol. The molecule has 0 bridgehead atoms. The lowest BCUT2D eigenvalue weighted by Gasteiger charge is -2.42. The van der Waals surface area contributed by atoms with Gasteiger partial charge in [-0.25, -0.2) is 4.39 Å². The summed E-state index contributed by atoms with van der Waals surface area (Å²) in [7, 11) is 0. The summed E-state index contributed by atoms with van der Waals surface area (Å²) >= 11 is 0. The van der Waals surface area contributed by atoms with Crippen LogP contribution in [-0.4, -0.2) is 29.9 Å². The van der Waals surface area contributed by atoms with Crippen molar-refractivity contribution in [2.45, 2.75) is 32.9 Å². The lowest BCUT2D eigenvalue weighted by molar-refractivity contribution is 0.0528. The highest BCUT2D eigenvalue weighted by Gasteiger charge is 2.36. The highest BCUT2D eigenvalue weighted by Crippen LogP contribution is 2.30. The summed E-state index contributed by atoms with van der Waals surface area (Å²) in [5, 5.41) is 0. The summed E-state index contributed by atoms with van der Waals surface area (Å²) in [6.07, 6.45) is 0.789. The molecule has 5 heteroatoms. The van der Waals surface area contributed by atoms with Crippen LogP contribution < -0.4 is 10.5 Å². The van der Waals surface area contributed by atoms with Crippen LogP contribution >= 0.6 is 0 Å². The van der Waals surface area contributed by atoms with E-state index in [2.05, 4.69) is 13.8 Å². The first kappa shape index (κ1) is 18.4. The number of amides is 1. The first-order valence-electron chi connectivity index (χ1n) is 8.88. The van der Waals surface area contributed by atoms with Crippen LogP contribution in [0.4, 0.5) is 4.39 Å². The Bertz CT molecular complexity index is 774. The van der Waals surface area contributed by atoms with Crippen molar-refractivity contribution in [1.29, 1.82) is 0 Å². The van der Waals surface area contributed by atoms with Crippen LogP contribution in [0.25, 0.3) is 0 Å². The second kappa shape index (κ2) is 7.46. The third kappa shape index (κ3) is 4.05. The Morgan fingerprint density at radius 2 is 1.92 bits per heavy atom. The largest absolute Gasteiger partial charge is 0.488 e. The molecule has 0 saturated carbocycles. The van der Waals surface area contributed by atoms with Crippen molar-refractivity contribution >= 4 is 5.91 Å². The van der Waals surface area contributed by atoms with Crippen molar-refractivity contribution in [3.63, 3.8) is 0 Å². The number of halogens is 1. The Morgan fingerprint density at radius 1 is 1.23 bits per heavy atom. The quantitative estimate of drug-likeness (QED) is 0.911. The number of para-hydroxylation sites is 1. The number of benzene rings is 2. The number of likely N-dealkylation sites (tertiary alicyclic amines) is 1. The molecule has 0 radical (unpaired) electrons. The molecule has 1 aliphatic heterocycles. The molecule has 1 amide bonds. The highest BCUT2D eigenvalue weighted by atomic mass is 19.1. The fourth-order valence-corrected chi connectivity index (χ4v) is 3.23. The zero-order valence-corrected chi connectivity index (χ0v) is 15.2. The summed E-state index contributed by atoms with van der Waals surface area (Å²) in [4.78, 5) is 14.9. The van der Waals surface area contributed by atoms with Crippen molar-refractivity contribution in [2.24, 2.45) is 11.1 Å². The predicted octanol–water partition coefficient (Wildman–Crippen LogP) is 3.60. The van der Waals surface area contributed by atoms with Crippen molar-refractivity contribution in [1.82, 2.24) is 4.90 Å². The lowest BCUT2D eigenvalue weighted by atomic mass is 9.79. The third-order valence-electron chi connectivity index (χ3n) is 5.02. The van der Waals surface area contributed by atoms with Gasteiger partial charge >= 0.3 is 0 Å². The molecule has 1 atom stereocenters. The van der Waals surface area contributed by atoms with Crippen molar-refractivity contribution in [3.8, 4) is 5.75 Å². The van der Waals surface area contributed by atoms with Crippen molar-refractivity contribution in [3.05, 3.63) is 65.5 Å². The Labute approximate surface area is 153 Å². The maximum absolute atomic E-state index is 13.0. The molecule has 1 heterocycles. The van der Waals surface area contributed by atoms with Gasteiger partial charge in [-0.1, -0.05) is 38.1 Å².